The molecule has 0 saturated heterocycles. The Labute approximate surface area is 133 Å². The van der Waals surface area contributed by atoms with Crippen LogP contribution in [0.3, 0.4) is 0 Å². The van der Waals surface area contributed by atoms with Crippen LogP contribution >= 0.6 is 0 Å². The summed E-state index contributed by atoms with van der Waals surface area (Å²) in [4.78, 5) is 11.6. The highest BCUT2D eigenvalue weighted by Crippen LogP contribution is 2.39. The molecule has 1 atom stereocenters. The van der Waals surface area contributed by atoms with Gasteiger partial charge in [-0.1, -0.05) is 84.0 Å². The molecule has 0 N–H and O–H groups in total. The zero-order chi connectivity index (χ0) is 15.3. The molecule has 1 rings (SSSR count). The van der Waals surface area contributed by atoms with Gasteiger partial charge >= 0.3 is 0 Å². The molecule has 1 aliphatic rings. The zero-order valence-corrected chi connectivity index (χ0v) is 14.7. The van der Waals surface area contributed by atoms with E-state index in [2.05, 4.69) is 6.92 Å². The van der Waals surface area contributed by atoms with Crippen molar-refractivity contribution in [3.05, 3.63) is 0 Å². The average Bonchev–Trinajstić information content (AvgIpc) is 3.28. The molecule has 1 nitrogen and oxygen atoms in total. The monoisotopic (exact) mass is 294 g/mol. The van der Waals surface area contributed by atoms with Gasteiger partial charge in [-0.2, -0.15) is 0 Å². The van der Waals surface area contributed by atoms with Crippen molar-refractivity contribution in [3.8, 4) is 0 Å². The van der Waals surface area contributed by atoms with Gasteiger partial charge in [-0.3, -0.25) is 4.79 Å². The quantitative estimate of drug-likeness (QED) is 0.307. The number of carbonyl (C=O) groups excluding carboxylic acids is 1. The van der Waals surface area contributed by atoms with E-state index in [-0.39, 0.29) is 0 Å². The minimum Gasteiger partial charge on any atom is -0.300 e. The second kappa shape index (κ2) is 12.2. The molecular weight excluding hydrogens is 256 g/mol. The fraction of sp³-hybridized carbons (Fsp3) is 0.950. The topological polar surface area (TPSA) is 17.1 Å². The third kappa shape index (κ3) is 10.1. The maximum atomic E-state index is 11.6. The van der Waals surface area contributed by atoms with Crippen LogP contribution in [0.25, 0.3) is 0 Å². The predicted octanol–water partition coefficient (Wildman–Crippen LogP) is 6.69. The van der Waals surface area contributed by atoms with Crippen LogP contribution < -0.4 is 0 Å². The molecular formula is C20H38O. The summed E-state index contributed by atoms with van der Waals surface area (Å²) in [6, 6.07) is 0. The molecule has 0 bridgehead atoms. The van der Waals surface area contributed by atoms with Crippen molar-refractivity contribution in [2.45, 2.75) is 110 Å². The number of ketones is 1. The fourth-order valence-electron chi connectivity index (χ4n) is 3.47. The van der Waals surface area contributed by atoms with Crippen molar-refractivity contribution in [3.63, 3.8) is 0 Å². The van der Waals surface area contributed by atoms with E-state index < -0.39 is 0 Å². The molecule has 1 fully saturated rings. The van der Waals surface area contributed by atoms with Gasteiger partial charge in [0.2, 0.25) is 0 Å². The molecule has 0 radical (unpaired) electrons. The molecule has 0 spiro atoms. The minimum absolute atomic E-state index is 0.410. The molecule has 0 aromatic heterocycles. The van der Waals surface area contributed by atoms with Crippen LogP contribution in [0.2, 0.25) is 0 Å². The lowest BCUT2D eigenvalue weighted by molar-refractivity contribution is -0.121. The summed E-state index contributed by atoms with van der Waals surface area (Å²) in [5.41, 5.74) is 0. The van der Waals surface area contributed by atoms with Crippen LogP contribution in [0, 0.1) is 11.8 Å². The van der Waals surface area contributed by atoms with Gasteiger partial charge in [-0.15, -0.1) is 0 Å². The lowest BCUT2D eigenvalue weighted by atomic mass is 9.92. The number of unbranched alkanes of at least 4 members (excludes halogenated alkanes) is 11. The summed E-state index contributed by atoms with van der Waals surface area (Å²) in [6.07, 6.45) is 20.6. The van der Waals surface area contributed by atoms with Crippen molar-refractivity contribution in [1.82, 2.24) is 0 Å². The number of rotatable bonds is 15. The Morgan fingerprint density at radius 2 is 1.24 bits per heavy atom. The van der Waals surface area contributed by atoms with Gasteiger partial charge in [-0.05, 0) is 32.1 Å². The second-order valence-corrected chi connectivity index (χ2v) is 7.23. The molecule has 1 unspecified atom stereocenters. The van der Waals surface area contributed by atoms with Gasteiger partial charge in [0.05, 0.1) is 0 Å². The maximum absolute atomic E-state index is 11.6. The third-order valence-electron chi connectivity index (χ3n) is 5.08. The molecule has 0 heterocycles. The molecule has 0 amide bonds. The highest BCUT2D eigenvalue weighted by Gasteiger charge is 2.33. The standard InChI is InChI=1S/C20H38O/c1-3-4-5-6-7-8-9-10-11-12-13-14-15-20(18(2)21)19-16-17-19/h19-20H,3-17H2,1-2H3. The first-order valence-electron chi connectivity index (χ1n) is 9.76. The van der Waals surface area contributed by atoms with Crippen LogP contribution in [-0.2, 0) is 4.79 Å². The van der Waals surface area contributed by atoms with Crippen molar-refractivity contribution in [2.24, 2.45) is 11.8 Å². The second-order valence-electron chi connectivity index (χ2n) is 7.23. The molecule has 0 aliphatic heterocycles. The van der Waals surface area contributed by atoms with Crippen LogP contribution in [0.4, 0.5) is 0 Å². The lowest BCUT2D eigenvalue weighted by Crippen LogP contribution is -2.12. The van der Waals surface area contributed by atoms with E-state index in [1.807, 2.05) is 0 Å². The van der Waals surface area contributed by atoms with Gasteiger partial charge in [0.25, 0.3) is 0 Å². The van der Waals surface area contributed by atoms with E-state index >= 15 is 0 Å². The predicted molar refractivity (Wildman–Crippen MR) is 92.6 cm³/mol. The number of hydrogen-bond acceptors (Lipinski definition) is 1. The van der Waals surface area contributed by atoms with E-state index in [9.17, 15) is 4.79 Å². The van der Waals surface area contributed by atoms with E-state index in [4.69, 9.17) is 0 Å². The first-order chi connectivity index (χ1) is 10.3. The molecule has 0 aromatic rings. The summed E-state index contributed by atoms with van der Waals surface area (Å²) >= 11 is 0. The molecule has 1 heteroatoms. The summed E-state index contributed by atoms with van der Waals surface area (Å²) < 4.78 is 0. The third-order valence-corrected chi connectivity index (χ3v) is 5.08. The van der Waals surface area contributed by atoms with E-state index in [0.29, 0.717) is 11.7 Å². The lowest BCUT2D eigenvalue weighted by Gasteiger charge is -2.12. The highest BCUT2D eigenvalue weighted by atomic mass is 16.1. The van der Waals surface area contributed by atoms with Crippen molar-refractivity contribution < 1.29 is 4.79 Å². The minimum atomic E-state index is 0.410. The number of carbonyl (C=O) groups is 1. The molecule has 21 heavy (non-hydrogen) atoms. The van der Waals surface area contributed by atoms with E-state index in [0.717, 1.165) is 12.3 Å². The Hall–Kier alpha value is -0.330. The Balaban J connectivity index is 1.79. The maximum Gasteiger partial charge on any atom is 0.133 e. The van der Waals surface area contributed by atoms with Crippen molar-refractivity contribution in [1.29, 1.82) is 0 Å². The Kier molecular flexibility index (Phi) is 10.9. The molecule has 1 saturated carbocycles. The zero-order valence-electron chi connectivity index (χ0n) is 14.7. The largest absolute Gasteiger partial charge is 0.300 e. The first kappa shape index (κ1) is 18.7. The first-order valence-corrected chi connectivity index (χ1v) is 9.76. The van der Waals surface area contributed by atoms with Crippen LogP contribution in [0.5, 0.6) is 0 Å². The Bertz CT molecular complexity index is 255. The summed E-state index contributed by atoms with van der Waals surface area (Å²) in [5.74, 6) is 1.61. The van der Waals surface area contributed by atoms with Gasteiger partial charge in [0.1, 0.15) is 5.78 Å². The summed E-state index contributed by atoms with van der Waals surface area (Å²) in [5, 5.41) is 0. The van der Waals surface area contributed by atoms with E-state index in [1.165, 1.54) is 89.9 Å². The van der Waals surface area contributed by atoms with Crippen molar-refractivity contribution >= 4 is 5.78 Å². The Morgan fingerprint density at radius 1 is 0.810 bits per heavy atom. The highest BCUT2D eigenvalue weighted by molar-refractivity contribution is 5.78. The average molecular weight is 295 g/mol. The summed E-state index contributed by atoms with van der Waals surface area (Å²) in [6.45, 7) is 4.08. The molecule has 1 aliphatic carbocycles. The SMILES string of the molecule is CCCCCCCCCCCCCCC(C(C)=O)C1CC1. The molecule has 0 aromatic carbocycles. The van der Waals surface area contributed by atoms with Crippen molar-refractivity contribution in [2.75, 3.05) is 0 Å². The van der Waals surface area contributed by atoms with Gasteiger partial charge < -0.3 is 0 Å². The molecule has 124 valence electrons. The van der Waals surface area contributed by atoms with Crippen LogP contribution in [0.1, 0.15) is 110 Å². The van der Waals surface area contributed by atoms with Crippen LogP contribution in [0.15, 0.2) is 0 Å². The summed E-state index contributed by atoms with van der Waals surface area (Å²) in [7, 11) is 0. The number of hydrogen-bond donors (Lipinski definition) is 0. The van der Waals surface area contributed by atoms with Crippen LogP contribution in [-0.4, -0.2) is 5.78 Å². The van der Waals surface area contributed by atoms with Gasteiger partial charge in [-0.25, -0.2) is 0 Å². The fourth-order valence-corrected chi connectivity index (χ4v) is 3.47. The van der Waals surface area contributed by atoms with Gasteiger partial charge in [0, 0.05) is 5.92 Å². The van der Waals surface area contributed by atoms with Gasteiger partial charge in [0.15, 0.2) is 0 Å². The number of Topliss-reactive ketones (excluding diaryl/α,β-unsaturated/α-hetero) is 1. The normalized spacial score (nSPS) is 16.1. The van der Waals surface area contributed by atoms with E-state index in [1.54, 1.807) is 6.92 Å². The Morgan fingerprint density at radius 3 is 1.62 bits per heavy atom. The smallest absolute Gasteiger partial charge is 0.133 e.